The van der Waals surface area contributed by atoms with Crippen molar-refractivity contribution < 1.29 is 10.2 Å². The second-order valence-corrected chi connectivity index (χ2v) is 8.24. The van der Waals surface area contributed by atoms with Crippen molar-refractivity contribution in [2.24, 2.45) is 23.2 Å². The van der Waals surface area contributed by atoms with Crippen LogP contribution in [0.3, 0.4) is 0 Å². The van der Waals surface area contributed by atoms with Gasteiger partial charge >= 0.3 is 0 Å². The van der Waals surface area contributed by atoms with E-state index in [1.54, 1.807) is 0 Å². The van der Waals surface area contributed by atoms with E-state index in [-0.39, 0.29) is 12.2 Å². The van der Waals surface area contributed by atoms with Crippen LogP contribution in [0.1, 0.15) is 78.6 Å². The molecule has 0 spiro atoms. The lowest BCUT2D eigenvalue weighted by atomic mass is 9.64. The standard InChI is InChI=1S/C18H34O2/c1-13(14-4-8-16(19)9-5-14)12-18(2,3)15-6-10-17(20)11-7-15/h13-17,19-20H,4-12H2,1-3H3. The molecule has 2 aliphatic rings. The lowest BCUT2D eigenvalue weighted by Gasteiger charge is -2.42. The molecular weight excluding hydrogens is 248 g/mol. The van der Waals surface area contributed by atoms with Crippen molar-refractivity contribution in [1.29, 1.82) is 0 Å². The Morgan fingerprint density at radius 2 is 1.30 bits per heavy atom. The van der Waals surface area contributed by atoms with Crippen molar-refractivity contribution in [3.63, 3.8) is 0 Å². The predicted octanol–water partition coefficient (Wildman–Crippen LogP) is 4.14. The minimum absolute atomic E-state index is 0.0358. The zero-order valence-corrected chi connectivity index (χ0v) is 13.6. The van der Waals surface area contributed by atoms with E-state index in [1.807, 2.05) is 0 Å². The van der Waals surface area contributed by atoms with E-state index in [4.69, 9.17) is 0 Å². The van der Waals surface area contributed by atoms with Crippen LogP contribution < -0.4 is 0 Å². The zero-order chi connectivity index (χ0) is 14.8. The van der Waals surface area contributed by atoms with Crippen LogP contribution >= 0.6 is 0 Å². The van der Waals surface area contributed by atoms with Gasteiger partial charge in [0.25, 0.3) is 0 Å². The van der Waals surface area contributed by atoms with Gasteiger partial charge in [-0.25, -0.2) is 0 Å². The largest absolute Gasteiger partial charge is 0.393 e. The highest BCUT2D eigenvalue weighted by Crippen LogP contribution is 2.45. The Balaban J connectivity index is 1.84. The molecule has 2 aliphatic carbocycles. The molecule has 118 valence electrons. The molecular formula is C18H34O2. The SMILES string of the molecule is CC(CC(C)(C)C1CCC(O)CC1)C1CCC(O)CC1. The van der Waals surface area contributed by atoms with Crippen molar-refractivity contribution >= 4 is 0 Å². The zero-order valence-electron chi connectivity index (χ0n) is 13.6. The average Bonchev–Trinajstić information content (AvgIpc) is 2.39. The van der Waals surface area contributed by atoms with E-state index in [0.29, 0.717) is 5.41 Å². The van der Waals surface area contributed by atoms with Crippen LogP contribution in [0.15, 0.2) is 0 Å². The first-order valence-electron chi connectivity index (χ1n) is 8.74. The molecule has 0 saturated heterocycles. The summed E-state index contributed by atoms with van der Waals surface area (Å²) in [5, 5.41) is 19.3. The molecule has 0 amide bonds. The Morgan fingerprint density at radius 1 is 0.850 bits per heavy atom. The third-order valence-electron chi connectivity index (χ3n) is 6.20. The second-order valence-electron chi connectivity index (χ2n) is 8.24. The Hall–Kier alpha value is -0.0800. The molecule has 0 heterocycles. The van der Waals surface area contributed by atoms with E-state index in [9.17, 15) is 10.2 Å². The first-order valence-corrected chi connectivity index (χ1v) is 8.74. The van der Waals surface area contributed by atoms with E-state index >= 15 is 0 Å². The van der Waals surface area contributed by atoms with Gasteiger partial charge in [-0.3, -0.25) is 0 Å². The Kier molecular flexibility index (Phi) is 5.53. The quantitative estimate of drug-likeness (QED) is 0.813. The van der Waals surface area contributed by atoms with Crippen LogP contribution in [0.25, 0.3) is 0 Å². The highest BCUT2D eigenvalue weighted by molar-refractivity contribution is 4.86. The van der Waals surface area contributed by atoms with Gasteiger partial charge in [0, 0.05) is 0 Å². The Morgan fingerprint density at radius 3 is 1.80 bits per heavy atom. The highest BCUT2D eigenvalue weighted by Gasteiger charge is 2.35. The molecule has 0 radical (unpaired) electrons. The summed E-state index contributed by atoms with van der Waals surface area (Å²) >= 11 is 0. The molecule has 0 bridgehead atoms. The molecule has 1 atom stereocenters. The van der Waals surface area contributed by atoms with E-state index in [2.05, 4.69) is 20.8 Å². The van der Waals surface area contributed by atoms with Crippen LogP contribution in [0.2, 0.25) is 0 Å². The third-order valence-corrected chi connectivity index (χ3v) is 6.20. The van der Waals surface area contributed by atoms with E-state index in [1.165, 1.54) is 32.1 Å². The third kappa shape index (κ3) is 4.21. The van der Waals surface area contributed by atoms with Gasteiger partial charge in [0.05, 0.1) is 12.2 Å². The van der Waals surface area contributed by atoms with Crippen LogP contribution in [0, 0.1) is 23.2 Å². The normalized spacial score (nSPS) is 37.6. The molecule has 2 N–H and O–H groups in total. The number of hydrogen-bond donors (Lipinski definition) is 2. The van der Waals surface area contributed by atoms with Crippen LogP contribution in [-0.2, 0) is 0 Å². The molecule has 20 heavy (non-hydrogen) atoms. The maximum Gasteiger partial charge on any atom is 0.0540 e. The summed E-state index contributed by atoms with van der Waals surface area (Å²) in [6.07, 6.45) is 10.0. The van der Waals surface area contributed by atoms with Gasteiger partial charge in [-0.05, 0) is 81.0 Å². The first-order chi connectivity index (χ1) is 9.38. The fraction of sp³-hybridized carbons (Fsp3) is 1.00. The number of aliphatic hydroxyl groups excluding tert-OH is 2. The lowest BCUT2D eigenvalue weighted by Crippen LogP contribution is -2.33. The van der Waals surface area contributed by atoms with Gasteiger partial charge in [0.1, 0.15) is 0 Å². The fourth-order valence-electron chi connectivity index (χ4n) is 4.69. The molecule has 2 heteroatoms. The number of aliphatic hydroxyl groups is 2. The molecule has 2 saturated carbocycles. The van der Waals surface area contributed by atoms with Gasteiger partial charge in [-0.2, -0.15) is 0 Å². The maximum absolute atomic E-state index is 9.68. The lowest BCUT2D eigenvalue weighted by molar-refractivity contribution is 0.0396. The van der Waals surface area contributed by atoms with Crippen molar-refractivity contribution in [1.82, 2.24) is 0 Å². The fourth-order valence-corrected chi connectivity index (χ4v) is 4.69. The van der Waals surface area contributed by atoms with Crippen LogP contribution in [0.5, 0.6) is 0 Å². The van der Waals surface area contributed by atoms with Gasteiger partial charge < -0.3 is 10.2 Å². The summed E-state index contributed by atoms with van der Waals surface area (Å²) < 4.78 is 0. The maximum atomic E-state index is 9.68. The monoisotopic (exact) mass is 282 g/mol. The van der Waals surface area contributed by atoms with Gasteiger partial charge in [0.2, 0.25) is 0 Å². The molecule has 2 fully saturated rings. The molecule has 1 unspecified atom stereocenters. The Labute approximate surface area is 125 Å². The summed E-state index contributed by atoms with van der Waals surface area (Å²) in [7, 11) is 0. The van der Waals surface area contributed by atoms with Crippen LogP contribution in [-0.4, -0.2) is 22.4 Å². The summed E-state index contributed by atoms with van der Waals surface area (Å²) in [4.78, 5) is 0. The van der Waals surface area contributed by atoms with E-state index in [0.717, 1.165) is 43.4 Å². The van der Waals surface area contributed by atoms with Crippen molar-refractivity contribution in [2.45, 2.75) is 90.8 Å². The second kappa shape index (κ2) is 6.79. The topological polar surface area (TPSA) is 40.5 Å². The number of hydrogen-bond acceptors (Lipinski definition) is 2. The van der Waals surface area contributed by atoms with Gasteiger partial charge in [-0.1, -0.05) is 20.8 Å². The highest BCUT2D eigenvalue weighted by atomic mass is 16.3. The van der Waals surface area contributed by atoms with Gasteiger partial charge in [-0.15, -0.1) is 0 Å². The molecule has 0 aromatic rings. The molecule has 2 nitrogen and oxygen atoms in total. The minimum atomic E-state index is -0.0423. The Bertz CT molecular complexity index is 284. The van der Waals surface area contributed by atoms with Crippen molar-refractivity contribution in [2.75, 3.05) is 0 Å². The van der Waals surface area contributed by atoms with Crippen LogP contribution in [0.4, 0.5) is 0 Å². The minimum Gasteiger partial charge on any atom is -0.393 e. The summed E-state index contributed by atoms with van der Waals surface area (Å²) in [5.41, 5.74) is 0.398. The molecule has 0 aromatic carbocycles. The molecule has 0 aliphatic heterocycles. The summed E-state index contributed by atoms with van der Waals surface area (Å²) in [5.74, 6) is 2.36. The predicted molar refractivity (Wildman–Crippen MR) is 83.5 cm³/mol. The average molecular weight is 282 g/mol. The van der Waals surface area contributed by atoms with Crippen molar-refractivity contribution in [3.8, 4) is 0 Å². The summed E-state index contributed by atoms with van der Waals surface area (Å²) in [6, 6.07) is 0. The van der Waals surface area contributed by atoms with Gasteiger partial charge in [0.15, 0.2) is 0 Å². The number of rotatable bonds is 4. The van der Waals surface area contributed by atoms with Crippen molar-refractivity contribution in [3.05, 3.63) is 0 Å². The summed E-state index contributed by atoms with van der Waals surface area (Å²) in [6.45, 7) is 7.29. The smallest absolute Gasteiger partial charge is 0.0540 e. The molecule has 0 aromatic heterocycles. The molecule has 2 rings (SSSR count). The van der Waals surface area contributed by atoms with E-state index < -0.39 is 0 Å². The first kappa shape index (κ1) is 16.3.